The van der Waals surface area contributed by atoms with Gasteiger partial charge in [0.05, 0.1) is 5.69 Å². The maximum atomic E-state index is 14.2. The summed E-state index contributed by atoms with van der Waals surface area (Å²) in [5.41, 5.74) is 1.27. The first kappa shape index (κ1) is 15.9. The average molecular weight is 350 g/mol. The van der Waals surface area contributed by atoms with Crippen LogP contribution in [0.4, 0.5) is 4.39 Å². The Kier molecular flexibility index (Phi) is 4.58. The van der Waals surface area contributed by atoms with E-state index in [4.69, 9.17) is 11.6 Å². The van der Waals surface area contributed by atoms with Crippen molar-refractivity contribution in [3.05, 3.63) is 47.1 Å². The van der Waals surface area contributed by atoms with Crippen LogP contribution in [0.5, 0.6) is 0 Å². The Bertz CT molecular complexity index is 834. The van der Waals surface area contributed by atoms with Gasteiger partial charge in [0.25, 0.3) is 0 Å². The third kappa shape index (κ3) is 3.20. The lowest BCUT2D eigenvalue weighted by Crippen LogP contribution is -1.99. The predicted molar refractivity (Wildman–Crippen MR) is 86.9 cm³/mol. The molecule has 23 heavy (non-hydrogen) atoms. The lowest BCUT2D eigenvalue weighted by molar-refractivity contribution is 0.558. The molecule has 0 unspecified atom stereocenters. The summed E-state index contributed by atoms with van der Waals surface area (Å²) in [6.45, 7) is 1.85. The normalized spacial score (nSPS) is 11.0. The molecule has 0 saturated heterocycles. The molecule has 1 aromatic carbocycles. The molecule has 0 radical (unpaired) electrons. The minimum Gasteiger partial charge on any atom is -0.305 e. The highest BCUT2D eigenvalue weighted by atomic mass is 35.5. The lowest BCUT2D eigenvalue weighted by Gasteiger charge is -2.05. The van der Waals surface area contributed by atoms with Gasteiger partial charge in [-0.25, -0.2) is 14.4 Å². The molecule has 2 heterocycles. The molecule has 8 heteroatoms. The Balaban J connectivity index is 1.92. The molecule has 3 rings (SSSR count). The molecule has 5 nitrogen and oxygen atoms in total. The lowest BCUT2D eigenvalue weighted by atomic mass is 10.2. The van der Waals surface area contributed by atoms with Gasteiger partial charge in [-0.3, -0.25) is 0 Å². The van der Waals surface area contributed by atoms with Crippen LogP contribution in [0.2, 0.25) is 5.02 Å². The monoisotopic (exact) mass is 349 g/mol. The van der Waals surface area contributed by atoms with Crippen LogP contribution >= 0.6 is 23.4 Å². The van der Waals surface area contributed by atoms with Crippen molar-refractivity contribution in [2.24, 2.45) is 7.05 Å². The van der Waals surface area contributed by atoms with E-state index in [2.05, 4.69) is 20.2 Å². The fourth-order valence-electron chi connectivity index (χ4n) is 2.05. The van der Waals surface area contributed by atoms with Gasteiger partial charge in [0.15, 0.2) is 16.8 Å². The van der Waals surface area contributed by atoms with Crippen molar-refractivity contribution < 1.29 is 4.39 Å². The van der Waals surface area contributed by atoms with E-state index in [9.17, 15) is 4.39 Å². The molecule has 2 aromatic heterocycles. The van der Waals surface area contributed by atoms with Crippen LogP contribution in [0.25, 0.3) is 11.4 Å². The van der Waals surface area contributed by atoms with Gasteiger partial charge in [-0.15, -0.1) is 10.2 Å². The van der Waals surface area contributed by atoms with Crippen molar-refractivity contribution in [1.29, 1.82) is 0 Å². The Morgan fingerprint density at radius 3 is 2.61 bits per heavy atom. The summed E-state index contributed by atoms with van der Waals surface area (Å²) < 4.78 is 16.0. The first-order valence-corrected chi connectivity index (χ1v) is 8.12. The van der Waals surface area contributed by atoms with E-state index in [1.807, 2.05) is 26.1 Å². The van der Waals surface area contributed by atoms with Crippen LogP contribution < -0.4 is 0 Å². The number of aryl methyl sites for hydroxylation is 1. The second kappa shape index (κ2) is 6.64. The summed E-state index contributed by atoms with van der Waals surface area (Å²) in [6.07, 6.45) is 1.87. The maximum absolute atomic E-state index is 14.2. The standard InChI is InChI=1S/C15H13ClFN5S/c1-3-11-12(17)14(19-8-18-11)23-15-21-20-13(22(15)2)9-4-6-10(16)7-5-9/h4-8H,3H2,1-2H3. The molecule has 118 valence electrons. The van der Waals surface area contributed by atoms with Crippen LogP contribution in [0, 0.1) is 5.82 Å². The number of halogens is 2. The summed E-state index contributed by atoms with van der Waals surface area (Å²) in [4.78, 5) is 7.92. The molecule has 0 atom stereocenters. The summed E-state index contributed by atoms with van der Waals surface area (Å²) in [5, 5.41) is 9.74. The highest BCUT2D eigenvalue weighted by Crippen LogP contribution is 2.29. The molecule has 3 aromatic rings. The van der Waals surface area contributed by atoms with Crippen molar-refractivity contribution in [1.82, 2.24) is 24.7 Å². The second-order valence-electron chi connectivity index (χ2n) is 4.77. The molecule has 0 aliphatic carbocycles. The quantitative estimate of drug-likeness (QED) is 0.671. The maximum Gasteiger partial charge on any atom is 0.197 e. The molecular weight excluding hydrogens is 337 g/mol. The second-order valence-corrected chi connectivity index (χ2v) is 6.16. The SMILES string of the molecule is CCc1ncnc(Sc2nnc(-c3ccc(Cl)cc3)n2C)c1F. The minimum atomic E-state index is -0.406. The van der Waals surface area contributed by atoms with Crippen molar-refractivity contribution in [3.8, 4) is 11.4 Å². The van der Waals surface area contributed by atoms with Gasteiger partial charge < -0.3 is 4.57 Å². The topological polar surface area (TPSA) is 56.5 Å². The van der Waals surface area contributed by atoms with Crippen LogP contribution in [-0.4, -0.2) is 24.7 Å². The molecule has 0 aliphatic heterocycles. The van der Waals surface area contributed by atoms with Crippen molar-refractivity contribution >= 4 is 23.4 Å². The zero-order chi connectivity index (χ0) is 16.4. The third-order valence-corrected chi connectivity index (χ3v) is 4.56. The van der Waals surface area contributed by atoms with Crippen LogP contribution in [-0.2, 0) is 13.5 Å². The van der Waals surface area contributed by atoms with Gasteiger partial charge in [0.1, 0.15) is 11.4 Å². The van der Waals surface area contributed by atoms with Crippen LogP contribution in [0.15, 0.2) is 40.8 Å². The Morgan fingerprint density at radius 1 is 1.17 bits per heavy atom. The number of rotatable bonds is 4. The fraction of sp³-hybridized carbons (Fsp3) is 0.200. The number of hydrogen-bond acceptors (Lipinski definition) is 5. The van der Waals surface area contributed by atoms with Gasteiger partial charge >= 0.3 is 0 Å². The Labute approximate surface area is 141 Å². The molecule has 0 saturated carbocycles. The summed E-state index contributed by atoms with van der Waals surface area (Å²) in [6, 6.07) is 7.30. The summed E-state index contributed by atoms with van der Waals surface area (Å²) in [5.74, 6) is 0.269. The van der Waals surface area contributed by atoms with E-state index in [1.54, 1.807) is 16.7 Å². The van der Waals surface area contributed by atoms with E-state index in [0.717, 1.165) is 17.3 Å². The molecule has 0 aliphatic rings. The van der Waals surface area contributed by atoms with Crippen molar-refractivity contribution in [3.63, 3.8) is 0 Å². The molecule has 0 amide bonds. The van der Waals surface area contributed by atoms with Gasteiger partial charge in [0.2, 0.25) is 0 Å². The van der Waals surface area contributed by atoms with Gasteiger partial charge in [-0.1, -0.05) is 18.5 Å². The highest BCUT2D eigenvalue weighted by molar-refractivity contribution is 7.99. The van der Waals surface area contributed by atoms with Crippen LogP contribution in [0.3, 0.4) is 0 Å². The predicted octanol–water partition coefficient (Wildman–Crippen LogP) is 3.78. The minimum absolute atomic E-state index is 0.245. The number of benzene rings is 1. The van der Waals surface area contributed by atoms with Gasteiger partial charge in [-0.05, 0) is 42.4 Å². The number of aromatic nitrogens is 5. The first-order valence-electron chi connectivity index (χ1n) is 6.92. The number of nitrogens with zero attached hydrogens (tertiary/aromatic N) is 5. The van der Waals surface area contributed by atoms with Gasteiger partial charge in [0, 0.05) is 17.6 Å². The molecule has 0 fully saturated rings. The summed E-state index contributed by atoms with van der Waals surface area (Å²) >= 11 is 7.02. The average Bonchev–Trinajstić information content (AvgIpc) is 2.91. The molecule has 0 bridgehead atoms. The Hall–Kier alpha value is -1.99. The largest absolute Gasteiger partial charge is 0.305 e. The highest BCUT2D eigenvalue weighted by Gasteiger charge is 2.16. The van der Waals surface area contributed by atoms with E-state index in [0.29, 0.717) is 28.1 Å². The smallest absolute Gasteiger partial charge is 0.197 e. The van der Waals surface area contributed by atoms with E-state index < -0.39 is 5.82 Å². The van der Waals surface area contributed by atoms with E-state index in [-0.39, 0.29) is 5.03 Å². The zero-order valence-electron chi connectivity index (χ0n) is 12.5. The molecular formula is C15H13ClFN5S. The van der Waals surface area contributed by atoms with E-state index in [1.165, 1.54) is 6.33 Å². The molecule has 0 N–H and O–H groups in total. The van der Waals surface area contributed by atoms with E-state index >= 15 is 0 Å². The Morgan fingerprint density at radius 2 is 1.91 bits per heavy atom. The fourth-order valence-corrected chi connectivity index (χ4v) is 2.96. The molecule has 0 spiro atoms. The van der Waals surface area contributed by atoms with Crippen molar-refractivity contribution in [2.75, 3.05) is 0 Å². The van der Waals surface area contributed by atoms with Gasteiger partial charge in [-0.2, -0.15) is 0 Å². The van der Waals surface area contributed by atoms with Crippen LogP contribution in [0.1, 0.15) is 12.6 Å². The van der Waals surface area contributed by atoms with Crippen molar-refractivity contribution in [2.45, 2.75) is 23.5 Å². The third-order valence-electron chi connectivity index (χ3n) is 3.29. The first-order chi connectivity index (χ1) is 11.1. The number of hydrogen-bond donors (Lipinski definition) is 0. The summed E-state index contributed by atoms with van der Waals surface area (Å²) in [7, 11) is 1.83. The zero-order valence-corrected chi connectivity index (χ0v) is 14.1.